The van der Waals surface area contributed by atoms with Crippen molar-refractivity contribution in [3.63, 3.8) is 0 Å². The molecule has 126 valence electrons. The monoisotopic (exact) mass is 324 g/mol. The summed E-state index contributed by atoms with van der Waals surface area (Å²) < 4.78 is 5.95. The van der Waals surface area contributed by atoms with E-state index in [0.717, 1.165) is 27.8 Å². The van der Waals surface area contributed by atoms with E-state index in [1.165, 1.54) is 0 Å². The molecular formula is C20H24N2O2. The first-order valence-corrected chi connectivity index (χ1v) is 8.17. The molecule has 0 aliphatic carbocycles. The van der Waals surface area contributed by atoms with Gasteiger partial charge in [-0.2, -0.15) is 0 Å². The van der Waals surface area contributed by atoms with Crippen LogP contribution in [0.25, 0.3) is 16.8 Å². The lowest BCUT2D eigenvalue weighted by molar-refractivity contribution is -0.125. The van der Waals surface area contributed by atoms with Crippen molar-refractivity contribution in [3.05, 3.63) is 47.7 Å². The predicted octanol–water partition coefficient (Wildman–Crippen LogP) is 4.02. The smallest absolute Gasteiger partial charge is 0.249 e. The Bertz CT molecular complexity index is 829. The van der Waals surface area contributed by atoms with Crippen molar-refractivity contribution in [2.24, 2.45) is 5.41 Å². The van der Waals surface area contributed by atoms with E-state index in [9.17, 15) is 4.79 Å². The van der Waals surface area contributed by atoms with Crippen molar-refractivity contribution in [2.75, 3.05) is 0 Å². The molecule has 1 fully saturated rings. The number of carbonyl (C=O) groups is 1. The van der Waals surface area contributed by atoms with Gasteiger partial charge in [-0.1, -0.05) is 24.3 Å². The normalized spacial score (nSPS) is 18.5. The van der Waals surface area contributed by atoms with Crippen molar-refractivity contribution >= 4 is 22.8 Å². The van der Waals surface area contributed by atoms with Gasteiger partial charge in [-0.15, -0.1) is 0 Å². The number of nitrogens with one attached hydrogen (secondary N) is 2. The molecule has 0 radical (unpaired) electrons. The second-order valence-corrected chi connectivity index (χ2v) is 7.71. The zero-order chi connectivity index (χ0) is 17.5. The Morgan fingerprint density at radius 2 is 1.83 bits per heavy atom. The number of hydrogen-bond acceptors (Lipinski definition) is 3. The number of amides is 1. The third-order valence-electron chi connectivity index (χ3n) is 4.16. The van der Waals surface area contributed by atoms with Gasteiger partial charge in [-0.05, 0) is 69.2 Å². The first-order valence-electron chi connectivity index (χ1n) is 8.17. The van der Waals surface area contributed by atoms with Gasteiger partial charge < -0.3 is 10.2 Å². The van der Waals surface area contributed by atoms with Crippen LogP contribution in [0, 0.1) is 5.41 Å². The van der Waals surface area contributed by atoms with Crippen LogP contribution in [0.2, 0.25) is 0 Å². The molecule has 0 atom stereocenters. The summed E-state index contributed by atoms with van der Waals surface area (Å²) in [7, 11) is 0. The molecule has 2 aromatic rings. The van der Waals surface area contributed by atoms with Gasteiger partial charge in [0.05, 0.1) is 5.41 Å². The van der Waals surface area contributed by atoms with E-state index < -0.39 is 5.41 Å². The lowest BCUT2D eigenvalue weighted by Gasteiger charge is -2.21. The van der Waals surface area contributed by atoms with Crippen molar-refractivity contribution in [1.82, 2.24) is 10.9 Å². The average molecular weight is 324 g/mol. The second kappa shape index (κ2) is 5.55. The fraction of sp³-hybridized carbons (Fsp3) is 0.350. The molecule has 1 saturated heterocycles. The van der Waals surface area contributed by atoms with Crippen LogP contribution in [0.15, 0.2) is 42.1 Å². The van der Waals surface area contributed by atoms with Crippen molar-refractivity contribution in [2.45, 2.75) is 40.2 Å². The first-order chi connectivity index (χ1) is 11.2. The summed E-state index contributed by atoms with van der Waals surface area (Å²) in [5.41, 5.74) is 6.83. The summed E-state index contributed by atoms with van der Waals surface area (Å²) in [5, 5.41) is 2.24. The number of hydrazine groups is 1. The van der Waals surface area contributed by atoms with Crippen LogP contribution in [0.1, 0.15) is 40.2 Å². The van der Waals surface area contributed by atoms with Crippen molar-refractivity contribution in [3.8, 4) is 5.75 Å². The highest BCUT2D eigenvalue weighted by Crippen LogP contribution is 2.32. The van der Waals surface area contributed by atoms with Crippen LogP contribution in [0.3, 0.4) is 0 Å². The van der Waals surface area contributed by atoms with E-state index >= 15 is 0 Å². The zero-order valence-corrected chi connectivity index (χ0v) is 14.9. The van der Waals surface area contributed by atoms with E-state index in [1.54, 1.807) is 0 Å². The fourth-order valence-corrected chi connectivity index (χ4v) is 2.76. The number of ether oxygens (including phenoxy) is 1. The maximum atomic E-state index is 11.9. The van der Waals surface area contributed by atoms with E-state index in [0.29, 0.717) is 0 Å². The Labute approximate surface area is 142 Å². The molecule has 4 heteroatoms. The molecule has 0 saturated carbocycles. The van der Waals surface area contributed by atoms with Crippen LogP contribution in [-0.4, -0.2) is 11.5 Å². The molecule has 0 bridgehead atoms. The molecule has 0 spiro atoms. The average Bonchev–Trinajstić information content (AvgIpc) is 2.72. The maximum Gasteiger partial charge on any atom is 0.249 e. The Morgan fingerprint density at radius 1 is 1.08 bits per heavy atom. The van der Waals surface area contributed by atoms with E-state index in [1.807, 2.05) is 52.8 Å². The minimum absolute atomic E-state index is 0.0187. The quantitative estimate of drug-likeness (QED) is 0.877. The molecule has 1 aliphatic rings. The predicted molar refractivity (Wildman–Crippen MR) is 97.4 cm³/mol. The maximum absolute atomic E-state index is 11.9. The van der Waals surface area contributed by atoms with Crippen molar-refractivity contribution < 1.29 is 9.53 Å². The Morgan fingerprint density at radius 3 is 2.46 bits per heavy atom. The molecule has 0 unspecified atom stereocenters. The third-order valence-corrected chi connectivity index (χ3v) is 4.16. The molecule has 2 N–H and O–H groups in total. The molecule has 24 heavy (non-hydrogen) atoms. The SMILES string of the molecule is CC(C)(C)Oc1ccc2c(/C=C3\NNC(=O)C3(C)C)cccc2c1. The molecule has 3 rings (SSSR count). The summed E-state index contributed by atoms with van der Waals surface area (Å²) in [4.78, 5) is 11.9. The highest BCUT2D eigenvalue weighted by Gasteiger charge is 2.37. The Balaban J connectivity index is 2.03. The van der Waals surface area contributed by atoms with Gasteiger partial charge in [0.25, 0.3) is 0 Å². The van der Waals surface area contributed by atoms with Gasteiger partial charge in [0, 0.05) is 5.70 Å². The number of rotatable bonds is 2. The van der Waals surface area contributed by atoms with Crippen molar-refractivity contribution in [1.29, 1.82) is 0 Å². The standard InChI is InChI=1S/C20H24N2O2/c1-19(2,3)24-15-9-10-16-13(11-15)7-6-8-14(16)12-17-20(4,5)18(23)22-21-17/h6-12,21H,1-5H3,(H,22,23)/b17-12-. The number of fused-ring (bicyclic) bond motifs is 1. The number of hydrogen-bond donors (Lipinski definition) is 2. The molecule has 0 aromatic heterocycles. The van der Waals surface area contributed by atoms with Gasteiger partial charge in [-0.3, -0.25) is 10.2 Å². The van der Waals surface area contributed by atoms with E-state index in [2.05, 4.69) is 35.1 Å². The molecule has 1 amide bonds. The van der Waals surface area contributed by atoms with Crippen LogP contribution in [0.5, 0.6) is 5.75 Å². The summed E-state index contributed by atoms with van der Waals surface area (Å²) in [6.07, 6.45) is 2.03. The highest BCUT2D eigenvalue weighted by molar-refractivity contribution is 5.94. The molecular weight excluding hydrogens is 300 g/mol. The molecule has 1 heterocycles. The summed E-state index contributed by atoms with van der Waals surface area (Å²) in [6, 6.07) is 12.3. The minimum Gasteiger partial charge on any atom is -0.488 e. The lowest BCUT2D eigenvalue weighted by Crippen LogP contribution is -2.28. The Hall–Kier alpha value is -2.49. The topological polar surface area (TPSA) is 50.4 Å². The minimum atomic E-state index is -0.558. The second-order valence-electron chi connectivity index (χ2n) is 7.71. The summed E-state index contributed by atoms with van der Waals surface area (Å²) >= 11 is 0. The molecule has 4 nitrogen and oxygen atoms in total. The number of carbonyl (C=O) groups excluding carboxylic acids is 1. The zero-order valence-electron chi connectivity index (χ0n) is 14.9. The van der Waals surface area contributed by atoms with Crippen LogP contribution < -0.4 is 15.6 Å². The van der Waals surface area contributed by atoms with E-state index in [-0.39, 0.29) is 11.5 Å². The van der Waals surface area contributed by atoms with Gasteiger partial charge in [-0.25, -0.2) is 0 Å². The fourth-order valence-electron chi connectivity index (χ4n) is 2.76. The first kappa shape index (κ1) is 16.4. The summed E-state index contributed by atoms with van der Waals surface area (Å²) in [5.74, 6) is 0.839. The number of benzene rings is 2. The van der Waals surface area contributed by atoms with Crippen LogP contribution in [-0.2, 0) is 4.79 Å². The molecule has 2 aromatic carbocycles. The lowest BCUT2D eigenvalue weighted by atomic mass is 9.88. The van der Waals surface area contributed by atoms with Gasteiger partial charge in [0.1, 0.15) is 11.4 Å². The van der Waals surface area contributed by atoms with Gasteiger partial charge >= 0.3 is 0 Å². The van der Waals surface area contributed by atoms with E-state index in [4.69, 9.17) is 4.74 Å². The third kappa shape index (κ3) is 3.09. The van der Waals surface area contributed by atoms with Crippen LogP contribution >= 0.6 is 0 Å². The molecule has 1 aliphatic heterocycles. The Kier molecular flexibility index (Phi) is 3.78. The van der Waals surface area contributed by atoms with Crippen LogP contribution in [0.4, 0.5) is 0 Å². The van der Waals surface area contributed by atoms with Gasteiger partial charge in [0.15, 0.2) is 0 Å². The highest BCUT2D eigenvalue weighted by atomic mass is 16.5. The largest absolute Gasteiger partial charge is 0.488 e. The van der Waals surface area contributed by atoms with Gasteiger partial charge in [0.2, 0.25) is 5.91 Å². The summed E-state index contributed by atoms with van der Waals surface area (Å²) in [6.45, 7) is 9.94.